The third kappa shape index (κ3) is 4.96. The molecule has 18 heavy (non-hydrogen) atoms. The van der Waals surface area contributed by atoms with Gasteiger partial charge in [-0.2, -0.15) is 0 Å². The number of halogens is 3. The number of nitrogens with one attached hydrogen (secondary N) is 1. The van der Waals surface area contributed by atoms with Crippen LogP contribution in [0.15, 0.2) is 24.3 Å². The lowest BCUT2D eigenvalue weighted by molar-refractivity contribution is -0.274. The smallest absolute Gasteiger partial charge is 0.406 e. The molecule has 0 aliphatic heterocycles. The Morgan fingerprint density at radius 2 is 1.78 bits per heavy atom. The first-order chi connectivity index (χ1) is 8.46. The van der Waals surface area contributed by atoms with Crippen LogP contribution < -0.4 is 10.1 Å². The fourth-order valence-corrected chi connectivity index (χ4v) is 1.72. The Morgan fingerprint density at radius 3 is 2.22 bits per heavy atom. The van der Waals surface area contributed by atoms with Crippen LogP contribution in [0.2, 0.25) is 0 Å². The molecular formula is C13H18F3NO. The van der Waals surface area contributed by atoms with Crippen molar-refractivity contribution in [1.29, 1.82) is 0 Å². The summed E-state index contributed by atoms with van der Waals surface area (Å²) in [5, 5.41) is 3.34. The van der Waals surface area contributed by atoms with Crippen LogP contribution in [0, 0.1) is 0 Å². The molecule has 1 atom stereocenters. The van der Waals surface area contributed by atoms with Gasteiger partial charge in [0.15, 0.2) is 0 Å². The highest BCUT2D eigenvalue weighted by atomic mass is 19.4. The molecule has 1 aromatic carbocycles. The van der Waals surface area contributed by atoms with E-state index in [0.717, 1.165) is 24.9 Å². The van der Waals surface area contributed by atoms with Gasteiger partial charge in [0.25, 0.3) is 0 Å². The Balaban J connectivity index is 2.68. The summed E-state index contributed by atoms with van der Waals surface area (Å²) in [6.07, 6.45) is -2.72. The molecule has 1 N–H and O–H groups in total. The van der Waals surface area contributed by atoms with Crippen molar-refractivity contribution in [3.8, 4) is 5.75 Å². The molecule has 102 valence electrons. The summed E-state index contributed by atoms with van der Waals surface area (Å²) < 4.78 is 39.8. The van der Waals surface area contributed by atoms with E-state index in [1.54, 1.807) is 12.1 Å². The standard InChI is InChI=1S/C13H18F3NO/c1-3-9-17-12(4-2)10-5-7-11(8-6-10)18-13(14,15)16/h5-8,12,17H,3-4,9H2,1-2H3. The molecular weight excluding hydrogens is 243 g/mol. The van der Waals surface area contributed by atoms with Crippen LogP contribution in [-0.2, 0) is 0 Å². The minimum Gasteiger partial charge on any atom is -0.406 e. The summed E-state index contributed by atoms with van der Waals surface area (Å²) in [5.41, 5.74) is 0.973. The van der Waals surface area contributed by atoms with E-state index in [0.29, 0.717) is 0 Å². The summed E-state index contributed by atoms with van der Waals surface area (Å²) in [6, 6.07) is 6.19. The van der Waals surface area contributed by atoms with Gasteiger partial charge in [0.1, 0.15) is 5.75 Å². The Labute approximate surface area is 105 Å². The van der Waals surface area contributed by atoms with Crippen molar-refractivity contribution in [2.24, 2.45) is 0 Å². The van der Waals surface area contributed by atoms with Crippen molar-refractivity contribution in [3.63, 3.8) is 0 Å². The fourth-order valence-electron chi connectivity index (χ4n) is 1.72. The highest BCUT2D eigenvalue weighted by Crippen LogP contribution is 2.25. The van der Waals surface area contributed by atoms with E-state index in [4.69, 9.17) is 0 Å². The van der Waals surface area contributed by atoms with Crippen LogP contribution in [0.25, 0.3) is 0 Å². The molecule has 1 rings (SSSR count). The molecule has 0 bridgehead atoms. The molecule has 0 aromatic heterocycles. The largest absolute Gasteiger partial charge is 0.573 e. The van der Waals surface area contributed by atoms with Gasteiger partial charge in [0, 0.05) is 6.04 Å². The average molecular weight is 261 g/mol. The Hall–Kier alpha value is -1.23. The van der Waals surface area contributed by atoms with Gasteiger partial charge >= 0.3 is 6.36 Å². The van der Waals surface area contributed by atoms with Gasteiger partial charge < -0.3 is 10.1 Å². The van der Waals surface area contributed by atoms with E-state index < -0.39 is 6.36 Å². The number of hydrogen-bond acceptors (Lipinski definition) is 2. The molecule has 0 aliphatic carbocycles. The van der Waals surface area contributed by atoms with Gasteiger partial charge in [-0.3, -0.25) is 0 Å². The zero-order valence-electron chi connectivity index (χ0n) is 10.6. The quantitative estimate of drug-likeness (QED) is 0.834. The van der Waals surface area contributed by atoms with Crippen LogP contribution in [0.5, 0.6) is 5.75 Å². The number of benzene rings is 1. The maximum absolute atomic E-state index is 12.0. The molecule has 0 aliphatic rings. The first-order valence-corrected chi connectivity index (χ1v) is 6.05. The van der Waals surface area contributed by atoms with Crippen LogP contribution in [0.3, 0.4) is 0 Å². The molecule has 1 unspecified atom stereocenters. The summed E-state index contributed by atoms with van der Waals surface area (Å²) in [4.78, 5) is 0. The van der Waals surface area contributed by atoms with E-state index in [1.807, 2.05) is 6.92 Å². The van der Waals surface area contributed by atoms with Crippen LogP contribution in [-0.4, -0.2) is 12.9 Å². The lowest BCUT2D eigenvalue weighted by Gasteiger charge is -2.17. The Morgan fingerprint density at radius 1 is 1.17 bits per heavy atom. The molecule has 0 spiro atoms. The van der Waals surface area contributed by atoms with Crippen LogP contribution in [0.1, 0.15) is 38.3 Å². The predicted octanol–water partition coefficient (Wildman–Crippen LogP) is 4.04. The highest BCUT2D eigenvalue weighted by Gasteiger charge is 2.31. The molecule has 0 radical (unpaired) electrons. The van der Waals surface area contributed by atoms with Crippen molar-refractivity contribution in [3.05, 3.63) is 29.8 Å². The molecule has 0 fully saturated rings. The minimum absolute atomic E-state index is 0.171. The highest BCUT2D eigenvalue weighted by molar-refractivity contribution is 5.29. The second-order valence-corrected chi connectivity index (χ2v) is 4.03. The maximum atomic E-state index is 12.0. The molecule has 5 heteroatoms. The molecule has 0 heterocycles. The van der Waals surface area contributed by atoms with E-state index in [-0.39, 0.29) is 11.8 Å². The third-order valence-electron chi connectivity index (χ3n) is 2.57. The summed E-state index contributed by atoms with van der Waals surface area (Å²) >= 11 is 0. The number of alkyl halides is 3. The van der Waals surface area contributed by atoms with Gasteiger partial charge in [-0.15, -0.1) is 13.2 Å². The van der Waals surface area contributed by atoms with E-state index >= 15 is 0 Å². The summed E-state index contributed by atoms with van der Waals surface area (Å²) in [5.74, 6) is -0.184. The van der Waals surface area contributed by atoms with Crippen molar-refractivity contribution in [2.45, 2.75) is 39.1 Å². The van der Waals surface area contributed by atoms with E-state index in [9.17, 15) is 13.2 Å². The average Bonchev–Trinajstić information content (AvgIpc) is 2.30. The Kier molecular flexibility index (Phi) is 5.47. The van der Waals surface area contributed by atoms with Crippen molar-refractivity contribution >= 4 is 0 Å². The van der Waals surface area contributed by atoms with Crippen molar-refractivity contribution in [1.82, 2.24) is 5.32 Å². The topological polar surface area (TPSA) is 21.3 Å². The summed E-state index contributed by atoms with van der Waals surface area (Å²) in [6.45, 7) is 4.99. The first-order valence-electron chi connectivity index (χ1n) is 6.05. The molecule has 2 nitrogen and oxygen atoms in total. The predicted molar refractivity (Wildman–Crippen MR) is 64.5 cm³/mol. The molecule has 0 saturated heterocycles. The van der Waals surface area contributed by atoms with Crippen molar-refractivity contribution < 1.29 is 17.9 Å². The SMILES string of the molecule is CCCNC(CC)c1ccc(OC(F)(F)F)cc1. The molecule has 0 saturated carbocycles. The normalized spacial score (nSPS) is 13.4. The number of ether oxygens (including phenoxy) is 1. The van der Waals surface area contributed by atoms with Gasteiger partial charge in [-0.05, 0) is 37.1 Å². The first kappa shape index (κ1) is 14.8. The fraction of sp³-hybridized carbons (Fsp3) is 0.538. The lowest BCUT2D eigenvalue weighted by atomic mass is 10.0. The van der Waals surface area contributed by atoms with Gasteiger partial charge in [-0.1, -0.05) is 26.0 Å². The second kappa shape index (κ2) is 6.64. The molecule has 0 amide bonds. The summed E-state index contributed by atoms with van der Waals surface area (Å²) in [7, 11) is 0. The van der Waals surface area contributed by atoms with Gasteiger partial charge in [0.05, 0.1) is 0 Å². The lowest BCUT2D eigenvalue weighted by Crippen LogP contribution is -2.21. The zero-order valence-corrected chi connectivity index (χ0v) is 10.6. The van der Waals surface area contributed by atoms with E-state index in [1.165, 1.54) is 12.1 Å². The van der Waals surface area contributed by atoms with Crippen LogP contribution in [0.4, 0.5) is 13.2 Å². The minimum atomic E-state index is -4.63. The maximum Gasteiger partial charge on any atom is 0.573 e. The third-order valence-corrected chi connectivity index (χ3v) is 2.57. The number of hydrogen-bond donors (Lipinski definition) is 1. The monoisotopic (exact) mass is 261 g/mol. The zero-order chi connectivity index (χ0) is 13.6. The van der Waals surface area contributed by atoms with Gasteiger partial charge in [0.2, 0.25) is 0 Å². The van der Waals surface area contributed by atoms with Crippen LogP contribution >= 0.6 is 0 Å². The Bertz CT molecular complexity index is 348. The second-order valence-electron chi connectivity index (χ2n) is 4.03. The van der Waals surface area contributed by atoms with Gasteiger partial charge in [-0.25, -0.2) is 0 Å². The van der Waals surface area contributed by atoms with E-state index in [2.05, 4.69) is 17.0 Å². The number of rotatable bonds is 6. The molecule has 1 aromatic rings. The van der Waals surface area contributed by atoms with Crippen molar-refractivity contribution in [2.75, 3.05) is 6.54 Å².